The van der Waals surface area contributed by atoms with Crippen LogP contribution in [0.1, 0.15) is 88.0 Å². The molecule has 1 aromatic carbocycles. The molecule has 0 aliphatic heterocycles. The average Bonchev–Trinajstić information content (AvgIpc) is 2.78. The normalized spacial score (nSPS) is 20.1. The molecule has 0 amide bonds. The Kier molecular flexibility index (Phi) is 8.36. The first-order chi connectivity index (χ1) is 14.6. The molecule has 1 aromatic heterocycles. The van der Waals surface area contributed by atoms with Crippen LogP contribution in [0.2, 0.25) is 0 Å². The quantitative estimate of drug-likeness (QED) is 0.344. The molecule has 0 spiro atoms. The van der Waals surface area contributed by atoms with E-state index in [0.717, 1.165) is 30.5 Å². The molecule has 1 aliphatic carbocycles. The molecule has 3 atom stereocenters. The van der Waals surface area contributed by atoms with Crippen LogP contribution in [0.5, 0.6) is 0 Å². The van der Waals surface area contributed by atoms with Crippen molar-refractivity contribution in [3.63, 3.8) is 0 Å². The second-order valence-electron chi connectivity index (χ2n) is 8.72. The van der Waals surface area contributed by atoms with Gasteiger partial charge in [0.05, 0.1) is 17.5 Å². The molecule has 1 fully saturated rings. The van der Waals surface area contributed by atoms with Gasteiger partial charge in [-0.2, -0.15) is 0 Å². The molecule has 1 saturated carbocycles. The third-order valence-electron chi connectivity index (χ3n) is 6.54. The van der Waals surface area contributed by atoms with Gasteiger partial charge in [-0.05, 0) is 48.8 Å². The molecule has 3 unspecified atom stereocenters. The van der Waals surface area contributed by atoms with Gasteiger partial charge in [0.15, 0.2) is 5.78 Å². The molecule has 3 rings (SSSR count). The Morgan fingerprint density at radius 2 is 1.83 bits per heavy atom. The summed E-state index contributed by atoms with van der Waals surface area (Å²) in [4.78, 5) is 31.0. The summed E-state index contributed by atoms with van der Waals surface area (Å²) < 4.78 is 0. The highest BCUT2D eigenvalue weighted by Crippen LogP contribution is 2.34. The Morgan fingerprint density at radius 1 is 1.03 bits per heavy atom. The molecular weight excluding hydrogens is 370 g/mol. The summed E-state index contributed by atoms with van der Waals surface area (Å²) in [5.41, 5.74) is 2.90. The van der Waals surface area contributed by atoms with Crippen molar-refractivity contribution in [3.8, 4) is 0 Å². The number of aromatic nitrogens is 1. The van der Waals surface area contributed by atoms with Gasteiger partial charge in [-0.15, -0.1) is 0 Å². The van der Waals surface area contributed by atoms with Gasteiger partial charge >= 0.3 is 0 Å². The van der Waals surface area contributed by atoms with Crippen LogP contribution in [0.3, 0.4) is 0 Å². The predicted octanol–water partition coefficient (Wildman–Crippen LogP) is 6.30. The molecule has 2 aromatic rings. The highest BCUT2D eigenvalue weighted by molar-refractivity contribution is 6.06. The fraction of sp³-hybridized carbons (Fsp3) is 0.519. The number of aryl methyl sites for hydroxylation is 1. The molecule has 0 bridgehead atoms. The first kappa shape index (κ1) is 22.4. The first-order valence-corrected chi connectivity index (χ1v) is 11.7. The van der Waals surface area contributed by atoms with E-state index < -0.39 is 11.8 Å². The van der Waals surface area contributed by atoms with E-state index in [1.54, 1.807) is 0 Å². The Morgan fingerprint density at radius 3 is 2.47 bits per heavy atom. The maximum atomic E-state index is 13.6. The fourth-order valence-electron chi connectivity index (χ4n) is 4.58. The second kappa shape index (κ2) is 11.2. The lowest BCUT2D eigenvalue weighted by atomic mass is 9.73. The lowest BCUT2D eigenvalue weighted by Crippen LogP contribution is -2.34. The Bertz CT molecular complexity index is 813. The Labute approximate surface area is 181 Å². The first-order valence-electron chi connectivity index (χ1n) is 11.7. The molecule has 30 heavy (non-hydrogen) atoms. The largest absolute Gasteiger partial charge is 0.299 e. The van der Waals surface area contributed by atoms with E-state index in [1.165, 1.54) is 31.2 Å². The van der Waals surface area contributed by atoms with Crippen molar-refractivity contribution >= 4 is 11.6 Å². The van der Waals surface area contributed by atoms with Crippen LogP contribution >= 0.6 is 0 Å². The van der Waals surface area contributed by atoms with Crippen molar-refractivity contribution in [1.82, 2.24) is 4.98 Å². The van der Waals surface area contributed by atoms with Crippen LogP contribution in [-0.4, -0.2) is 16.6 Å². The number of Topliss-reactive ketones (excluding diaryl/α,β-unsaturated/α-hetero) is 2. The summed E-state index contributed by atoms with van der Waals surface area (Å²) in [5.74, 6) is -0.390. The number of hydrogen-bond acceptors (Lipinski definition) is 3. The molecule has 0 radical (unpaired) electrons. The standard InChI is InChI=1S/C27H35NO2/c1-3-5-6-8-11-21-15-17-24(28-19-21)26(22-12-9-7-10-13-22)27(30)23-16-14-20(4-2)18-25(23)29/h7,9-10,12-13,15,17,19-20,23,26H,3-6,8,11,14,16,18H2,1-2H3. The minimum absolute atomic E-state index is 0.0175. The number of unbranched alkanes of at least 4 members (excludes halogenated alkanes) is 3. The average molecular weight is 406 g/mol. The molecule has 0 saturated heterocycles. The minimum Gasteiger partial charge on any atom is -0.299 e. The van der Waals surface area contributed by atoms with E-state index in [0.29, 0.717) is 18.8 Å². The summed E-state index contributed by atoms with van der Waals surface area (Å²) in [7, 11) is 0. The van der Waals surface area contributed by atoms with E-state index in [4.69, 9.17) is 4.98 Å². The maximum Gasteiger partial charge on any atom is 0.156 e. The number of hydrogen-bond donors (Lipinski definition) is 0. The van der Waals surface area contributed by atoms with Gasteiger partial charge < -0.3 is 0 Å². The highest BCUT2D eigenvalue weighted by atomic mass is 16.2. The predicted molar refractivity (Wildman–Crippen MR) is 122 cm³/mol. The van der Waals surface area contributed by atoms with Gasteiger partial charge in [0.1, 0.15) is 5.78 Å². The number of carbonyl (C=O) groups excluding carboxylic acids is 2. The van der Waals surface area contributed by atoms with Gasteiger partial charge in [-0.1, -0.05) is 75.9 Å². The van der Waals surface area contributed by atoms with Crippen LogP contribution in [0.15, 0.2) is 48.7 Å². The zero-order valence-corrected chi connectivity index (χ0v) is 18.5. The van der Waals surface area contributed by atoms with Crippen LogP contribution in [0.25, 0.3) is 0 Å². The topological polar surface area (TPSA) is 47.0 Å². The third kappa shape index (κ3) is 5.65. The number of ketones is 2. The summed E-state index contributed by atoms with van der Waals surface area (Å²) in [6, 6.07) is 13.9. The number of nitrogens with zero attached hydrogens (tertiary/aromatic N) is 1. The summed E-state index contributed by atoms with van der Waals surface area (Å²) in [6.07, 6.45) is 11.0. The number of benzene rings is 1. The SMILES string of the molecule is CCCCCCc1ccc(C(C(=O)C2CCC(CC)CC2=O)c2ccccc2)nc1. The number of rotatable bonds is 10. The molecule has 1 heterocycles. The molecule has 3 heteroatoms. The van der Waals surface area contributed by atoms with Crippen molar-refractivity contribution in [2.24, 2.45) is 11.8 Å². The van der Waals surface area contributed by atoms with Gasteiger partial charge in [0.25, 0.3) is 0 Å². The monoisotopic (exact) mass is 405 g/mol. The van der Waals surface area contributed by atoms with Crippen LogP contribution in [-0.2, 0) is 16.0 Å². The lowest BCUT2D eigenvalue weighted by molar-refractivity contribution is -0.135. The molecule has 3 nitrogen and oxygen atoms in total. The second-order valence-corrected chi connectivity index (χ2v) is 8.72. The summed E-state index contributed by atoms with van der Waals surface area (Å²) in [5, 5.41) is 0. The molecule has 0 N–H and O–H groups in total. The highest BCUT2D eigenvalue weighted by Gasteiger charge is 2.37. The van der Waals surface area contributed by atoms with Crippen molar-refractivity contribution < 1.29 is 9.59 Å². The van der Waals surface area contributed by atoms with E-state index in [1.807, 2.05) is 42.6 Å². The zero-order valence-electron chi connectivity index (χ0n) is 18.5. The van der Waals surface area contributed by atoms with E-state index in [2.05, 4.69) is 19.9 Å². The third-order valence-corrected chi connectivity index (χ3v) is 6.54. The van der Waals surface area contributed by atoms with Gasteiger partial charge in [-0.25, -0.2) is 0 Å². The molecule has 1 aliphatic rings. The maximum absolute atomic E-state index is 13.6. The van der Waals surface area contributed by atoms with Gasteiger partial charge in [0.2, 0.25) is 0 Å². The molecule has 160 valence electrons. The number of carbonyl (C=O) groups is 2. The van der Waals surface area contributed by atoms with Crippen LogP contribution in [0.4, 0.5) is 0 Å². The fourth-order valence-corrected chi connectivity index (χ4v) is 4.58. The van der Waals surface area contributed by atoms with Crippen molar-refractivity contribution in [2.45, 2.75) is 77.6 Å². The Balaban J connectivity index is 1.80. The van der Waals surface area contributed by atoms with E-state index in [9.17, 15) is 9.59 Å². The lowest BCUT2D eigenvalue weighted by Gasteiger charge is -2.28. The zero-order chi connectivity index (χ0) is 21.3. The molecular formula is C27H35NO2. The van der Waals surface area contributed by atoms with Gasteiger partial charge in [-0.3, -0.25) is 14.6 Å². The van der Waals surface area contributed by atoms with E-state index in [-0.39, 0.29) is 11.6 Å². The summed E-state index contributed by atoms with van der Waals surface area (Å²) in [6.45, 7) is 4.34. The van der Waals surface area contributed by atoms with Crippen molar-refractivity contribution in [2.75, 3.05) is 0 Å². The number of pyridine rings is 1. The van der Waals surface area contributed by atoms with Crippen molar-refractivity contribution in [3.05, 3.63) is 65.5 Å². The van der Waals surface area contributed by atoms with Crippen molar-refractivity contribution in [1.29, 1.82) is 0 Å². The summed E-state index contributed by atoms with van der Waals surface area (Å²) >= 11 is 0. The van der Waals surface area contributed by atoms with Crippen LogP contribution < -0.4 is 0 Å². The smallest absolute Gasteiger partial charge is 0.156 e. The Hall–Kier alpha value is -2.29. The minimum atomic E-state index is -0.492. The van der Waals surface area contributed by atoms with Crippen LogP contribution in [0, 0.1) is 11.8 Å². The van der Waals surface area contributed by atoms with E-state index >= 15 is 0 Å². The van der Waals surface area contributed by atoms with Gasteiger partial charge in [0, 0.05) is 12.6 Å².